The predicted octanol–water partition coefficient (Wildman–Crippen LogP) is 8.86. The zero-order valence-electron chi connectivity index (χ0n) is 24.6. The third kappa shape index (κ3) is 7.20. The zero-order chi connectivity index (χ0) is 31.4. The molecule has 1 unspecified atom stereocenters. The van der Waals surface area contributed by atoms with Crippen LogP contribution in [0.1, 0.15) is 50.4 Å². The third-order valence-electron chi connectivity index (χ3n) is 6.69. The maximum Gasteiger partial charge on any atom is 0.338 e. The lowest BCUT2D eigenvalue weighted by atomic mass is 9.95. The fraction of sp³-hybridized carbons (Fsp3) is 0.281. The largest absolute Gasteiger partial charge is 0.490 e. The first-order valence-corrected chi connectivity index (χ1v) is 16.5. The average Bonchev–Trinajstić information content (AvgIpc) is 3.38. The van der Waals surface area contributed by atoms with E-state index in [9.17, 15) is 4.79 Å². The number of allylic oxidation sites excluding steroid dienone is 1. The van der Waals surface area contributed by atoms with E-state index in [2.05, 4.69) is 21.2 Å². The van der Waals surface area contributed by atoms with E-state index in [1.807, 2.05) is 88.4 Å². The summed E-state index contributed by atoms with van der Waals surface area (Å²) in [5.74, 6) is 1.66. The molecule has 230 valence electrons. The van der Waals surface area contributed by atoms with Crippen molar-refractivity contribution in [3.05, 3.63) is 103 Å². The van der Waals surface area contributed by atoms with Crippen LogP contribution in [-0.4, -0.2) is 33.4 Å². The van der Waals surface area contributed by atoms with Crippen molar-refractivity contribution in [3.63, 3.8) is 0 Å². The van der Waals surface area contributed by atoms with Crippen molar-refractivity contribution in [3.8, 4) is 11.5 Å². The van der Waals surface area contributed by atoms with Gasteiger partial charge in [0.1, 0.15) is 12.6 Å². The number of hydrogen-bond donors (Lipinski definition) is 1. The summed E-state index contributed by atoms with van der Waals surface area (Å²) in [6, 6.07) is 18.3. The number of carbonyl (C=O) groups excluding carboxylic acids is 1. The molecule has 4 aromatic rings. The molecule has 0 aliphatic carbocycles. The number of esters is 1. The van der Waals surface area contributed by atoms with Crippen LogP contribution in [0.2, 0.25) is 10.0 Å². The molecule has 0 amide bonds. The van der Waals surface area contributed by atoms with Gasteiger partial charge >= 0.3 is 5.97 Å². The van der Waals surface area contributed by atoms with Gasteiger partial charge in [0.05, 0.1) is 22.8 Å². The van der Waals surface area contributed by atoms with Crippen LogP contribution in [0.5, 0.6) is 11.5 Å². The van der Waals surface area contributed by atoms with Gasteiger partial charge in [-0.1, -0.05) is 71.4 Å². The Labute approximate surface area is 279 Å². The van der Waals surface area contributed by atoms with Crippen LogP contribution < -0.4 is 14.8 Å². The van der Waals surface area contributed by atoms with Crippen LogP contribution in [0.4, 0.5) is 5.95 Å². The Balaban J connectivity index is 1.54. The minimum absolute atomic E-state index is 0.245. The number of ether oxygens (including phenoxy) is 3. The first-order chi connectivity index (χ1) is 21.2. The maximum atomic E-state index is 13.5. The van der Waals surface area contributed by atoms with Crippen molar-refractivity contribution >= 4 is 62.8 Å². The molecular formula is C32H31BrCl2N4O4S. The summed E-state index contributed by atoms with van der Waals surface area (Å²) in [5, 5.41) is 9.91. The van der Waals surface area contributed by atoms with Crippen LogP contribution in [0.15, 0.2) is 81.6 Å². The molecule has 0 fully saturated rings. The number of nitrogens with zero attached hydrogens (tertiary/aromatic N) is 3. The molecule has 1 atom stereocenters. The highest BCUT2D eigenvalue weighted by Gasteiger charge is 2.36. The number of halogens is 3. The maximum absolute atomic E-state index is 13.5. The van der Waals surface area contributed by atoms with Crippen molar-refractivity contribution in [1.29, 1.82) is 0 Å². The van der Waals surface area contributed by atoms with Gasteiger partial charge in [-0.3, -0.25) is 0 Å². The Morgan fingerprint density at radius 2 is 1.75 bits per heavy atom. The minimum atomic E-state index is -0.659. The molecule has 8 nitrogen and oxygen atoms in total. The van der Waals surface area contributed by atoms with Crippen molar-refractivity contribution in [1.82, 2.24) is 14.8 Å². The molecule has 2 heterocycles. The lowest BCUT2D eigenvalue weighted by Gasteiger charge is -2.29. The quantitative estimate of drug-likeness (QED) is 0.122. The van der Waals surface area contributed by atoms with E-state index in [0.29, 0.717) is 60.8 Å². The molecule has 0 radical (unpaired) electrons. The molecule has 0 bridgehead atoms. The van der Waals surface area contributed by atoms with Crippen molar-refractivity contribution in [2.45, 2.75) is 57.4 Å². The van der Waals surface area contributed by atoms with E-state index in [1.54, 1.807) is 4.68 Å². The van der Waals surface area contributed by atoms with Crippen LogP contribution in [0.3, 0.4) is 0 Å². The highest BCUT2D eigenvalue weighted by atomic mass is 79.9. The molecule has 0 saturated carbocycles. The number of rotatable bonds is 11. The van der Waals surface area contributed by atoms with Gasteiger partial charge < -0.3 is 19.5 Å². The van der Waals surface area contributed by atoms with Crippen LogP contribution in [0, 0.1) is 0 Å². The van der Waals surface area contributed by atoms with Gasteiger partial charge in [-0.05, 0) is 79.0 Å². The predicted molar refractivity (Wildman–Crippen MR) is 178 cm³/mol. The van der Waals surface area contributed by atoms with Gasteiger partial charge in [0.25, 0.3) is 0 Å². The summed E-state index contributed by atoms with van der Waals surface area (Å²) < 4.78 is 20.3. The standard InChI is InChI=1S/C32H31BrCl2N4O4S/c1-5-41-26-15-22(14-23(33)29(26)42-16-20-10-6-8-12-24(20)34)28-27(30(40)43-18(2)3)19(4)36-31-37-32(38-39(28)31)44-17-21-11-7-9-13-25(21)35/h6-15,18,28H,5,16-17H2,1-4H3,(H,36,37,38). The Bertz CT molecular complexity index is 1710. The average molecular weight is 719 g/mol. The molecule has 0 saturated heterocycles. The first-order valence-electron chi connectivity index (χ1n) is 14.0. The van der Waals surface area contributed by atoms with Crippen molar-refractivity contribution in [2.24, 2.45) is 0 Å². The topological polar surface area (TPSA) is 87.5 Å². The van der Waals surface area contributed by atoms with E-state index in [0.717, 1.165) is 16.7 Å². The SMILES string of the molecule is CCOc1cc(C2C(C(=O)OC(C)C)=C(C)Nc3nc(SCc4ccccc4Cl)nn32)cc(Br)c1OCc1ccccc1Cl. The first kappa shape index (κ1) is 32.2. The van der Waals surface area contributed by atoms with Gasteiger partial charge in [-0.25, -0.2) is 9.48 Å². The van der Waals surface area contributed by atoms with Gasteiger partial charge in [-0.2, -0.15) is 4.98 Å². The van der Waals surface area contributed by atoms with Gasteiger partial charge in [0.2, 0.25) is 11.1 Å². The number of fused-ring (bicyclic) bond motifs is 1. The second-order valence-electron chi connectivity index (χ2n) is 10.2. The van der Waals surface area contributed by atoms with Gasteiger partial charge in [0, 0.05) is 27.1 Å². The van der Waals surface area contributed by atoms with Crippen LogP contribution in [0.25, 0.3) is 0 Å². The molecule has 1 N–H and O–H groups in total. The lowest BCUT2D eigenvalue weighted by molar-refractivity contribution is -0.143. The second-order valence-corrected chi connectivity index (χ2v) is 12.8. The number of hydrogen-bond acceptors (Lipinski definition) is 8. The number of carbonyl (C=O) groups is 1. The Morgan fingerprint density at radius 3 is 2.41 bits per heavy atom. The molecule has 44 heavy (non-hydrogen) atoms. The molecule has 1 aliphatic heterocycles. The molecule has 1 aliphatic rings. The lowest BCUT2D eigenvalue weighted by Crippen LogP contribution is -2.30. The van der Waals surface area contributed by atoms with Crippen LogP contribution in [-0.2, 0) is 21.9 Å². The molecule has 12 heteroatoms. The fourth-order valence-electron chi connectivity index (χ4n) is 4.71. The molecule has 0 spiro atoms. The summed E-state index contributed by atoms with van der Waals surface area (Å²) in [7, 11) is 0. The van der Waals surface area contributed by atoms with E-state index < -0.39 is 12.0 Å². The van der Waals surface area contributed by atoms with Crippen molar-refractivity contribution in [2.75, 3.05) is 11.9 Å². The zero-order valence-corrected chi connectivity index (χ0v) is 28.5. The molecular weight excluding hydrogens is 687 g/mol. The highest BCUT2D eigenvalue weighted by Crippen LogP contribution is 2.44. The second kappa shape index (κ2) is 14.3. The Kier molecular flexibility index (Phi) is 10.5. The number of aromatic nitrogens is 3. The fourth-order valence-corrected chi connectivity index (χ4v) is 6.59. The highest BCUT2D eigenvalue weighted by molar-refractivity contribution is 9.10. The molecule has 5 rings (SSSR count). The smallest absolute Gasteiger partial charge is 0.338 e. The van der Waals surface area contributed by atoms with E-state index in [1.165, 1.54) is 11.8 Å². The van der Waals surface area contributed by atoms with Gasteiger partial charge in [-0.15, -0.1) is 5.10 Å². The summed E-state index contributed by atoms with van der Waals surface area (Å²) in [6.07, 6.45) is -0.311. The van der Waals surface area contributed by atoms with Crippen LogP contribution >= 0.6 is 50.9 Å². The number of nitrogens with one attached hydrogen (secondary N) is 1. The third-order valence-corrected chi connectivity index (χ3v) is 8.90. The van der Waals surface area contributed by atoms with E-state index >= 15 is 0 Å². The summed E-state index contributed by atoms with van der Waals surface area (Å²) in [4.78, 5) is 18.3. The molecule has 1 aromatic heterocycles. The molecule has 3 aromatic carbocycles. The van der Waals surface area contributed by atoms with Gasteiger partial charge in [0.15, 0.2) is 11.5 Å². The summed E-state index contributed by atoms with van der Waals surface area (Å²) in [5.41, 5.74) is 3.59. The Hall–Kier alpha value is -3.18. The number of thioether (sulfide) groups is 1. The van der Waals surface area contributed by atoms with E-state index in [-0.39, 0.29) is 12.7 Å². The minimum Gasteiger partial charge on any atom is -0.490 e. The monoisotopic (exact) mass is 716 g/mol. The normalized spacial score (nSPS) is 14.3. The summed E-state index contributed by atoms with van der Waals surface area (Å²) in [6.45, 7) is 8.01. The number of anilines is 1. The van der Waals surface area contributed by atoms with Crippen molar-refractivity contribution < 1.29 is 19.0 Å². The number of benzene rings is 3. The van der Waals surface area contributed by atoms with E-state index in [4.69, 9.17) is 47.5 Å². The Morgan fingerprint density at radius 1 is 1.07 bits per heavy atom. The summed E-state index contributed by atoms with van der Waals surface area (Å²) >= 11 is 17.9.